The van der Waals surface area contributed by atoms with E-state index in [0.29, 0.717) is 12.1 Å². The minimum atomic E-state index is -0.440. The lowest BCUT2D eigenvalue weighted by atomic mass is 9.95. The zero-order chi connectivity index (χ0) is 13.3. The summed E-state index contributed by atoms with van der Waals surface area (Å²) in [4.78, 5) is 0. The highest BCUT2D eigenvalue weighted by Crippen LogP contribution is 2.27. The number of hydrogen-bond donors (Lipinski definition) is 1. The van der Waals surface area contributed by atoms with Crippen LogP contribution in [0.4, 0.5) is 8.78 Å². The average Bonchev–Trinajstić information content (AvgIpc) is 2.32. The summed E-state index contributed by atoms with van der Waals surface area (Å²) < 4.78 is 26.9. The summed E-state index contributed by atoms with van der Waals surface area (Å²) in [5.41, 5.74) is 9.67. The first kappa shape index (κ1) is 12.7. The van der Waals surface area contributed by atoms with Gasteiger partial charge in [0, 0.05) is 12.1 Å². The molecule has 0 atom stereocenters. The van der Waals surface area contributed by atoms with E-state index < -0.39 is 11.6 Å². The monoisotopic (exact) mass is 247 g/mol. The van der Waals surface area contributed by atoms with Gasteiger partial charge in [-0.15, -0.1) is 0 Å². The number of nitrogens with two attached hydrogens (primary N) is 1. The third-order valence-corrected chi connectivity index (χ3v) is 3.14. The molecule has 0 heterocycles. The molecule has 0 saturated heterocycles. The lowest BCUT2D eigenvalue weighted by Gasteiger charge is -2.12. The standard InChI is InChI=1S/C15H15F2N/c1-9-5-11(6-10(2)14(9)8-18)13-7-12(16)3-4-15(13)17/h3-7H,8,18H2,1-2H3. The predicted molar refractivity (Wildman–Crippen MR) is 69.2 cm³/mol. The van der Waals surface area contributed by atoms with Crippen molar-refractivity contribution in [3.63, 3.8) is 0 Å². The van der Waals surface area contributed by atoms with Gasteiger partial charge in [-0.25, -0.2) is 8.78 Å². The van der Waals surface area contributed by atoms with Crippen LogP contribution in [0.1, 0.15) is 16.7 Å². The van der Waals surface area contributed by atoms with Crippen LogP contribution in [-0.2, 0) is 6.54 Å². The zero-order valence-corrected chi connectivity index (χ0v) is 10.4. The molecule has 18 heavy (non-hydrogen) atoms. The molecule has 0 saturated carbocycles. The van der Waals surface area contributed by atoms with Gasteiger partial charge in [-0.3, -0.25) is 0 Å². The highest BCUT2D eigenvalue weighted by Gasteiger charge is 2.10. The van der Waals surface area contributed by atoms with Crippen LogP contribution >= 0.6 is 0 Å². The van der Waals surface area contributed by atoms with E-state index in [-0.39, 0.29) is 5.56 Å². The summed E-state index contributed by atoms with van der Waals surface area (Å²) in [7, 11) is 0. The van der Waals surface area contributed by atoms with Crippen LogP contribution in [0.15, 0.2) is 30.3 Å². The third-order valence-electron chi connectivity index (χ3n) is 3.14. The quantitative estimate of drug-likeness (QED) is 0.860. The molecular formula is C15H15F2N. The van der Waals surface area contributed by atoms with Crippen molar-refractivity contribution in [3.05, 3.63) is 58.7 Å². The van der Waals surface area contributed by atoms with Crippen LogP contribution in [-0.4, -0.2) is 0 Å². The van der Waals surface area contributed by atoms with Crippen LogP contribution in [0, 0.1) is 25.5 Å². The fourth-order valence-electron chi connectivity index (χ4n) is 2.19. The molecule has 0 bridgehead atoms. The van der Waals surface area contributed by atoms with Crippen molar-refractivity contribution in [1.82, 2.24) is 0 Å². The molecule has 0 amide bonds. The fraction of sp³-hybridized carbons (Fsp3) is 0.200. The Morgan fingerprint density at radius 2 is 1.61 bits per heavy atom. The molecule has 2 rings (SSSR count). The maximum Gasteiger partial charge on any atom is 0.131 e. The SMILES string of the molecule is Cc1cc(-c2cc(F)ccc2F)cc(C)c1CN. The molecule has 0 spiro atoms. The van der Waals surface area contributed by atoms with Crippen LogP contribution in [0.5, 0.6) is 0 Å². The molecule has 2 aromatic rings. The highest BCUT2D eigenvalue weighted by molar-refractivity contribution is 5.67. The molecule has 0 unspecified atom stereocenters. The van der Waals surface area contributed by atoms with Gasteiger partial charge < -0.3 is 5.73 Å². The lowest BCUT2D eigenvalue weighted by molar-refractivity contribution is 0.603. The van der Waals surface area contributed by atoms with Gasteiger partial charge in [-0.1, -0.05) is 12.1 Å². The van der Waals surface area contributed by atoms with Crippen LogP contribution in [0.3, 0.4) is 0 Å². The Balaban J connectivity index is 2.61. The first-order chi connectivity index (χ1) is 8.52. The maximum absolute atomic E-state index is 13.7. The first-order valence-corrected chi connectivity index (χ1v) is 5.78. The second-order valence-electron chi connectivity index (χ2n) is 4.42. The summed E-state index contributed by atoms with van der Waals surface area (Å²) in [5, 5.41) is 0. The van der Waals surface area contributed by atoms with Crippen molar-refractivity contribution in [3.8, 4) is 11.1 Å². The van der Waals surface area contributed by atoms with Crippen molar-refractivity contribution >= 4 is 0 Å². The van der Waals surface area contributed by atoms with E-state index in [9.17, 15) is 8.78 Å². The maximum atomic E-state index is 13.7. The molecule has 2 N–H and O–H groups in total. The Bertz CT molecular complexity index is 568. The largest absolute Gasteiger partial charge is 0.326 e. The Morgan fingerprint density at radius 3 is 2.17 bits per heavy atom. The van der Waals surface area contributed by atoms with Crippen LogP contribution in [0.2, 0.25) is 0 Å². The predicted octanol–water partition coefficient (Wildman–Crippen LogP) is 3.71. The molecule has 0 radical (unpaired) electrons. The molecule has 0 aromatic heterocycles. The molecule has 0 aliphatic rings. The van der Waals surface area contributed by atoms with E-state index in [4.69, 9.17) is 5.73 Å². The van der Waals surface area contributed by atoms with E-state index in [0.717, 1.165) is 28.8 Å². The summed E-state index contributed by atoms with van der Waals surface area (Å²) in [6.45, 7) is 4.30. The van der Waals surface area contributed by atoms with Crippen LogP contribution in [0.25, 0.3) is 11.1 Å². The van der Waals surface area contributed by atoms with Gasteiger partial charge in [0.15, 0.2) is 0 Å². The lowest BCUT2D eigenvalue weighted by Crippen LogP contribution is -2.02. The molecular weight excluding hydrogens is 232 g/mol. The number of benzene rings is 2. The van der Waals surface area contributed by atoms with E-state index in [1.165, 1.54) is 6.07 Å². The molecule has 0 aliphatic carbocycles. The summed E-state index contributed by atoms with van der Waals surface area (Å²) in [5.74, 6) is -0.861. The normalized spacial score (nSPS) is 10.7. The summed E-state index contributed by atoms with van der Waals surface area (Å²) in [6.07, 6.45) is 0. The van der Waals surface area contributed by atoms with Gasteiger partial charge in [-0.05, 0) is 54.3 Å². The van der Waals surface area contributed by atoms with Crippen molar-refractivity contribution in [2.45, 2.75) is 20.4 Å². The Morgan fingerprint density at radius 1 is 1.00 bits per heavy atom. The van der Waals surface area contributed by atoms with Gasteiger partial charge in [0.1, 0.15) is 11.6 Å². The second-order valence-corrected chi connectivity index (χ2v) is 4.42. The minimum absolute atomic E-state index is 0.282. The summed E-state index contributed by atoms with van der Waals surface area (Å²) >= 11 is 0. The smallest absolute Gasteiger partial charge is 0.131 e. The van der Waals surface area contributed by atoms with Crippen LogP contribution < -0.4 is 5.73 Å². The van der Waals surface area contributed by atoms with Crippen molar-refractivity contribution < 1.29 is 8.78 Å². The van der Waals surface area contributed by atoms with Gasteiger partial charge in [0.05, 0.1) is 0 Å². The Hall–Kier alpha value is -1.74. The minimum Gasteiger partial charge on any atom is -0.326 e. The third kappa shape index (κ3) is 2.27. The van der Waals surface area contributed by atoms with Crippen molar-refractivity contribution in [2.24, 2.45) is 5.73 Å². The van der Waals surface area contributed by atoms with Crippen molar-refractivity contribution in [1.29, 1.82) is 0 Å². The number of aryl methyl sites for hydroxylation is 2. The molecule has 2 aromatic carbocycles. The Kier molecular flexibility index (Phi) is 3.43. The second kappa shape index (κ2) is 4.86. The molecule has 3 heteroatoms. The average molecular weight is 247 g/mol. The molecule has 0 fully saturated rings. The van der Waals surface area contributed by atoms with Gasteiger partial charge in [0.2, 0.25) is 0 Å². The Labute approximate surface area is 105 Å². The highest BCUT2D eigenvalue weighted by atomic mass is 19.1. The molecule has 94 valence electrons. The van der Waals surface area contributed by atoms with Gasteiger partial charge >= 0.3 is 0 Å². The molecule has 0 aliphatic heterocycles. The van der Waals surface area contributed by atoms with Gasteiger partial charge in [0.25, 0.3) is 0 Å². The first-order valence-electron chi connectivity index (χ1n) is 5.78. The fourth-order valence-corrected chi connectivity index (χ4v) is 2.19. The summed E-state index contributed by atoms with van der Waals surface area (Å²) in [6, 6.07) is 7.16. The zero-order valence-electron chi connectivity index (χ0n) is 10.4. The van der Waals surface area contributed by atoms with Crippen molar-refractivity contribution in [2.75, 3.05) is 0 Å². The molecule has 1 nitrogen and oxygen atoms in total. The number of halogens is 2. The van der Waals surface area contributed by atoms with E-state index in [2.05, 4.69) is 0 Å². The van der Waals surface area contributed by atoms with E-state index in [1.54, 1.807) is 0 Å². The van der Waals surface area contributed by atoms with E-state index >= 15 is 0 Å². The van der Waals surface area contributed by atoms with E-state index in [1.807, 2.05) is 26.0 Å². The number of hydrogen-bond acceptors (Lipinski definition) is 1. The number of rotatable bonds is 2. The topological polar surface area (TPSA) is 26.0 Å². The van der Waals surface area contributed by atoms with Gasteiger partial charge in [-0.2, -0.15) is 0 Å².